The van der Waals surface area contributed by atoms with Crippen LogP contribution in [-0.4, -0.2) is 151 Å². The van der Waals surface area contributed by atoms with Crippen molar-refractivity contribution in [3.8, 4) is 0 Å². The Labute approximate surface area is 399 Å². The maximum atomic E-state index is 13.5. The van der Waals surface area contributed by atoms with Gasteiger partial charge in [0.1, 0.15) is 55.4 Å². The predicted molar refractivity (Wildman–Crippen MR) is 248 cm³/mol. The van der Waals surface area contributed by atoms with E-state index in [0.717, 1.165) is 51.4 Å². The number of hydrogen-bond acceptors (Lipinski definition) is 18. The zero-order valence-corrected chi connectivity index (χ0v) is 41.4. The third kappa shape index (κ3) is 23.6. The van der Waals surface area contributed by atoms with Gasteiger partial charge in [-0.25, -0.2) is 9.09 Å². The van der Waals surface area contributed by atoms with Crippen molar-refractivity contribution in [2.45, 2.75) is 267 Å². The summed E-state index contributed by atoms with van der Waals surface area (Å²) in [6, 6.07) is -1.64. The molecule has 0 aromatic carbocycles. The molecule has 1 aliphatic carbocycles. The first-order chi connectivity index (χ1) is 32.0. The predicted octanol–water partition coefficient (Wildman–Crippen LogP) is 4.83. The number of ether oxygens (including phenoxy) is 4. The van der Waals surface area contributed by atoms with Gasteiger partial charge in [0.2, 0.25) is 5.79 Å². The third-order valence-corrected chi connectivity index (χ3v) is 13.8. The van der Waals surface area contributed by atoms with Crippen LogP contribution in [0, 0.1) is 0 Å². The molecule has 0 bridgehead atoms. The van der Waals surface area contributed by atoms with Crippen LogP contribution in [0.2, 0.25) is 0 Å². The van der Waals surface area contributed by atoms with Gasteiger partial charge in [0, 0.05) is 12.8 Å². The van der Waals surface area contributed by atoms with E-state index in [9.17, 15) is 59.9 Å². The lowest BCUT2D eigenvalue weighted by Crippen LogP contribution is -2.74. The molecule has 20 heteroatoms. The van der Waals surface area contributed by atoms with Gasteiger partial charge in [0.25, 0.3) is 0 Å². The molecule has 1 heterocycles. The molecule has 1 aliphatic heterocycles. The van der Waals surface area contributed by atoms with Crippen LogP contribution in [-0.2, 0) is 42.1 Å². The summed E-state index contributed by atoms with van der Waals surface area (Å²) in [6.07, 6.45) is 8.63. The minimum absolute atomic E-state index is 0.00571. The van der Waals surface area contributed by atoms with E-state index in [-0.39, 0.29) is 12.8 Å². The van der Waals surface area contributed by atoms with Crippen LogP contribution in [0.25, 0.3) is 0 Å². The Morgan fingerprint density at radius 3 is 1.49 bits per heavy atom. The molecule has 67 heavy (non-hydrogen) atoms. The Morgan fingerprint density at radius 1 is 0.612 bits per heavy atom. The molecule has 0 radical (unpaired) electrons. The van der Waals surface area contributed by atoms with Crippen molar-refractivity contribution >= 4 is 19.8 Å². The van der Waals surface area contributed by atoms with Crippen molar-refractivity contribution in [1.82, 2.24) is 0 Å². The molecule has 2 aliphatic rings. The Bertz CT molecular complexity index is 1350. The minimum atomic E-state index is -5.65. The summed E-state index contributed by atoms with van der Waals surface area (Å²) >= 11 is 0. The molecular formula is C47H90NO18P. The van der Waals surface area contributed by atoms with E-state index in [1.807, 2.05) is 0 Å². The second-order valence-electron chi connectivity index (χ2n) is 18.6. The monoisotopic (exact) mass is 988 g/mol. The molecule has 0 spiro atoms. The normalized spacial score (nSPS) is 29.1. The number of hydrogen-bond donors (Lipinski definition) is 10. The molecule has 396 valence electrons. The van der Waals surface area contributed by atoms with E-state index in [1.165, 1.54) is 103 Å². The highest BCUT2D eigenvalue weighted by atomic mass is 31.2. The third-order valence-electron chi connectivity index (χ3n) is 12.8. The number of nitrogens with two attached hydrogens (primary N) is 1. The molecule has 2 rings (SSSR count). The molecule has 1 saturated heterocycles. The van der Waals surface area contributed by atoms with E-state index in [2.05, 4.69) is 13.8 Å². The molecule has 2 unspecified atom stereocenters. The number of carbonyl (C=O) groups is 2. The Hall–Kier alpha value is -1.39. The van der Waals surface area contributed by atoms with Gasteiger partial charge in [-0.2, -0.15) is 0 Å². The van der Waals surface area contributed by atoms with Gasteiger partial charge in [-0.1, -0.05) is 168 Å². The number of esters is 2. The average molecular weight is 988 g/mol. The Morgan fingerprint density at radius 2 is 1.04 bits per heavy atom. The zero-order chi connectivity index (χ0) is 49.7. The standard InChI is InChI=1S/C47H90NO18P/c1-3-5-7-9-11-13-15-17-19-21-23-25-27-29-36(50)61-32-34(63-37(51)30-28-26-24-22-20-18-16-14-12-10-8-6-4-2)33-62-67(59,60)66-47(58)44(57)42(55)41(54)43(56)45(47)65-46-38(48)40(53)39(52)35(31-49)64-46/h34-35,38-46,49,52-58H,3-33,48H2,1-2H3,(H,59,60)/t34?,35-,38-,39-,40-,41-,42-,43+,44-,45-,46-,47+/m1/s1. The molecule has 1 saturated carbocycles. The second-order valence-corrected chi connectivity index (χ2v) is 20.0. The van der Waals surface area contributed by atoms with Crippen LogP contribution < -0.4 is 5.73 Å². The van der Waals surface area contributed by atoms with Gasteiger partial charge < -0.3 is 70.4 Å². The summed E-state index contributed by atoms with van der Waals surface area (Å²) in [5.74, 6) is -4.86. The van der Waals surface area contributed by atoms with Crippen molar-refractivity contribution in [2.75, 3.05) is 19.8 Å². The van der Waals surface area contributed by atoms with Crippen molar-refractivity contribution < 1.29 is 87.9 Å². The Balaban J connectivity index is 1.99. The van der Waals surface area contributed by atoms with Crippen LogP contribution in [0.5, 0.6) is 0 Å². The first kappa shape index (κ1) is 61.7. The highest BCUT2D eigenvalue weighted by Crippen LogP contribution is 2.51. The molecule has 0 aromatic heterocycles. The lowest BCUT2D eigenvalue weighted by atomic mass is 9.82. The largest absolute Gasteiger partial charge is 0.475 e. The van der Waals surface area contributed by atoms with Gasteiger partial charge in [0.05, 0.1) is 19.3 Å². The maximum Gasteiger partial charge on any atom is 0.475 e. The summed E-state index contributed by atoms with van der Waals surface area (Å²) in [7, 11) is -5.65. The fourth-order valence-corrected chi connectivity index (χ4v) is 9.45. The number of phosphoric acid groups is 1. The van der Waals surface area contributed by atoms with Gasteiger partial charge in [0.15, 0.2) is 12.4 Å². The lowest BCUT2D eigenvalue weighted by molar-refractivity contribution is -0.378. The van der Waals surface area contributed by atoms with Crippen molar-refractivity contribution in [3.05, 3.63) is 0 Å². The van der Waals surface area contributed by atoms with E-state index in [4.69, 9.17) is 33.7 Å². The van der Waals surface area contributed by atoms with Gasteiger partial charge in [-0.05, 0) is 12.8 Å². The topological polar surface area (TPSA) is 315 Å². The summed E-state index contributed by atoms with van der Waals surface area (Å²) in [4.78, 5) is 36.6. The van der Waals surface area contributed by atoms with E-state index in [0.29, 0.717) is 12.8 Å². The number of unbranched alkanes of at least 4 members (excludes halogenated alkanes) is 24. The number of aliphatic hydroxyl groups is 8. The molecule has 2 fully saturated rings. The molecule has 0 amide bonds. The molecule has 19 nitrogen and oxygen atoms in total. The quantitative estimate of drug-likeness (QED) is 0.0171. The van der Waals surface area contributed by atoms with Crippen LogP contribution in [0.4, 0.5) is 0 Å². The minimum Gasteiger partial charge on any atom is -0.462 e. The summed E-state index contributed by atoms with van der Waals surface area (Å²) in [5.41, 5.74) is 5.91. The van der Waals surface area contributed by atoms with Crippen molar-refractivity contribution in [2.24, 2.45) is 5.73 Å². The van der Waals surface area contributed by atoms with Gasteiger partial charge >= 0.3 is 19.8 Å². The highest BCUT2D eigenvalue weighted by Gasteiger charge is 2.64. The molecule has 13 atom stereocenters. The Kier molecular flexibility index (Phi) is 32.1. The zero-order valence-electron chi connectivity index (χ0n) is 40.5. The van der Waals surface area contributed by atoms with Crippen molar-refractivity contribution in [1.29, 1.82) is 0 Å². The fraction of sp³-hybridized carbons (Fsp3) is 0.957. The summed E-state index contributed by atoms with van der Waals surface area (Å²) in [6.45, 7) is 2.06. The number of carbonyl (C=O) groups excluding carboxylic acids is 2. The van der Waals surface area contributed by atoms with Gasteiger partial charge in [-0.15, -0.1) is 0 Å². The van der Waals surface area contributed by atoms with Crippen LogP contribution >= 0.6 is 7.82 Å². The number of phosphoric ester groups is 1. The smallest absolute Gasteiger partial charge is 0.462 e. The van der Waals surface area contributed by atoms with Crippen molar-refractivity contribution in [3.63, 3.8) is 0 Å². The number of aliphatic hydroxyl groups excluding tert-OH is 7. The van der Waals surface area contributed by atoms with Crippen LogP contribution in [0.15, 0.2) is 0 Å². The van der Waals surface area contributed by atoms with Gasteiger partial charge in [-0.3, -0.25) is 14.1 Å². The summed E-state index contributed by atoms with van der Waals surface area (Å²) in [5, 5.41) is 84.3. The van der Waals surface area contributed by atoms with Crippen LogP contribution in [0.3, 0.4) is 0 Å². The first-order valence-corrected chi connectivity index (χ1v) is 27.0. The van der Waals surface area contributed by atoms with E-state index in [1.54, 1.807) is 0 Å². The molecule has 0 aromatic rings. The lowest BCUT2D eigenvalue weighted by Gasteiger charge is -2.50. The molecule has 11 N–H and O–H groups in total. The van der Waals surface area contributed by atoms with Crippen LogP contribution in [0.1, 0.15) is 194 Å². The first-order valence-electron chi connectivity index (χ1n) is 25.5. The number of rotatable bonds is 39. The SMILES string of the molecule is CCCCCCCCCCCCCCCC(=O)OCC(COP(=O)(O)O[C@@]1(O)[C@H](O)[C@H](O)[C@@H](O)[C@H](O)[C@H]1O[C@H]1O[C@H](CO)[C@@H](O)[C@H](O)[C@H]1N)OC(=O)CCCCCCCCCCCCCCC. The highest BCUT2D eigenvalue weighted by molar-refractivity contribution is 7.47. The maximum absolute atomic E-state index is 13.5. The average Bonchev–Trinajstić information content (AvgIpc) is 3.30. The molecular weight excluding hydrogens is 897 g/mol. The summed E-state index contributed by atoms with van der Waals surface area (Å²) < 4.78 is 45.2. The second kappa shape index (κ2) is 34.9. The van der Waals surface area contributed by atoms with E-state index < -0.39 is 113 Å². The van der Waals surface area contributed by atoms with E-state index >= 15 is 0 Å². The fourth-order valence-electron chi connectivity index (χ4n) is 8.46.